The Bertz CT molecular complexity index is 1050. The van der Waals surface area contributed by atoms with Gasteiger partial charge in [0.05, 0.1) is 39.6 Å². The van der Waals surface area contributed by atoms with Crippen molar-refractivity contribution >= 4 is 17.6 Å². The van der Waals surface area contributed by atoms with Gasteiger partial charge in [0.15, 0.2) is 23.0 Å². The van der Waals surface area contributed by atoms with Gasteiger partial charge in [-0.25, -0.2) is 4.79 Å². The van der Waals surface area contributed by atoms with Crippen LogP contribution in [0.15, 0.2) is 48.6 Å². The van der Waals surface area contributed by atoms with Crippen molar-refractivity contribution in [1.29, 1.82) is 5.26 Å². The monoisotopic (exact) mass is 451 g/mol. The van der Waals surface area contributed by atoms with Crippen molar-refractivity contribution in [3.8, 4) is 29.1 Å². The van der Waals surface area contributed by atoms with Crippen molar-refractivity contribution in [2.75, 3.05) is 27.9 Å². The molecule has 33 heavy (non-hydrogen) atoms. The lowest BCUT2D eigenvalue weighted by atomic mass is 10.0. The Morgan fingerprint density at radius 1 is 0.970 bits per heavy atom. The highest BCUT2D eigenvalue weighted by molar-refractivity contribution is 5.90. The molecule has 2 aromatic rings. The Hall–Kier alpha value is -3.92. The number of unbranched alkanes of at least 4 members (excludes halogenated alkanes) is 2. The van der Waals surface area contributed by atoms with Crippen LogP contribution in [0.1, 0.15) is 36.8 Å². The molecule has 1 N–H and O–H groups in total. The molecule has 0 radical (unpaired) electrons. The molecule has 0 saturated carbocycles. The van der Waals surface area contributed by atoms with Gasteiger partial charge in [-0.05, 0) is 73.2 Å². The third-order valence-corrected chi connectivity index (χ3v) is 5.00. The van der Waals surface area contributed by atoms with E-state index in [1.807, 2.05) is 12.1 Å². The number of carbonyl (C=O) groups is 1. The molecule has 0 atom stereocenters. The van der Waals surface area contributed by atoms with Crippen LogP contribution < -0.4 is 18.9 Å². The lowest BCUT2D eigenvalue weighted by Gasteiger charge is -2.12. The quantitative estimate of drug-likeness (QED) is 0.190. The van der Waals surface area contributed by atoms with Crippen LogP contribution >= 0.6 is 0 Å². The van der Waals surface area contributed by atoms with E-state index in [2.05, 4.69) is 12.6 Å². The average Bonchev–Trinajstić information content (AvgIpc) is 2.84. The maximum Gasteiger partial charge on any atom is 0.330 e. The highest BCUT2D eigenvalue weighted by Crippen LogP contribution is 2.33. The predicted octanol–water partition coefficient (Wildman–Crippen LogP) is 5.36. The van der Waals surface area contributed by atoms with E-state index in [9.17, 15) is 10.1 Å². The molecular weight excluding hydrogens is 422 g/mol. The minimum absolute atomic E-state index is 0.228. The molecule has 0 aliphatic carbocycles. The second-order valence-corrected chi connectivity index (χ2v) is 7.22. The number of hydrogen-bond acceptors (Lipinski definition) is 6. The molecule has 2 rings (SSSR count). The number of methoxy groups -OCH3 is 3. The first-order valence-electron chi connectivity index (χ1n) is 10.5. The Balaban J connectivity index is 2.06. The van der Waals surface area contributed by atoms with Gasteiger partial charge >= 0.3 is 5.97 Å². The fourth-order valence-electron chi connectivity index (χ4n) is 3.15. The molecular formula is C26H29NO6. The molecule has 7 nitrogen and oxygen atoms in total. The number of ether oxygens (including phenoxy) is 4. The summed E-state index contributed by atoms with van der Waals surface area (Å²) in [7, 11) is 4.67. The highest BCUT2D eigenvalue weighted by atomic mass is 16.5. The van der Waals surface area contributed by atoms with Gasteiger partial charge in [-0.1, -0.05) is 12.6 Å². The summed E-state index contributed by atoms with van der Waals surface area (Å²) in [6.45, 7) is 4.02. The van der Waals surface area contributed by atoms with Crippen LogP contribution in [0.5, 0.6) is 23.0 Å². The summed E-state index contributed by atoms with van der Waals surface area (Å²) in [6, 6.07) is 13.0. The van der Waals surface area contributed by atoms with Gasteiger partial charge in [-0.2, -0.15) is 5.26 Å². The summed E-state index contributed by atoms with van der Waals surface area (Å²) >= 11 is 0. The van der Waals surface area contributed by atoms with Gasteiger partial charge in [-0.3, -0.25) is 0 Å². The molecule has 0 saturated heterocycles. The van der Waals surface area contributed by atoms with Crippen LogP contribution in [0.2, 0.25) is 0 Å². The number of nitriles is 1. The second-order valence-electron chi connectivity index (χ2n) is 7.22. The van der Waals surface area contributed by atoms with Crippen molar-refractivity contribution in [1.82, 2.24) is 0 Å². The first kappa shape index (κ1) is 25.3. The van der Waals surface area contributed by atoms with E-state index in [4.69, 9.17) is 24.1 Å². The number of carboxylic acid groups (broad SMARTS) is 1. The molecule has 0 fully saturated rings. The van der Waals surface area contributed by atoms with E-state index in [1.165, 1.54) is 0 Å². The first-order valence-corrected chi connectivity index (χ1v) is 10.5. The maximum absolute atomic E-state index is 10.8. The first-order chi connectivity index (χ1) is 15.9. The zero-order valence-corrected chi connectivity index (χ0v) is 19.2. The Labute approximate surface area is 194 Å². The third kappa shape index (κ3) is 7.32. The van der Waals surface area contributed by atoms with Gasteiger partial charge in [-0.15, -0.1) is 0 Å². The Kier molecular flexibility index (Phi) is 9.84. The number of aliphatic carboxylic acids is 1. The normalized spacial score (nSPS) is 10.8. The van der Waals surface area contributed by atoms with Gasteiger partial charge in [0, 0.05) is 5.57 Å². The average molecular weight is 452 g/mol. The van der Waals surface area contributed by atoms with Crippen LogP contribution in [0.3, 0.4) is 0 Å². The molecule has 2 aromatic carbocycles. The molecule has 0 aromatic heterocycles. The molecule has 0 aliphatic heterocycles. The fraction of sp³-hybridized carbons (Fsp3) is 0.308. The number of rotatable bonds is 13. The number of hydrogen-bond donors (Lipinski definition) is 1. The SMILES string of the molecule is C=C(CCCCCOc1ccc(C=C(C#N)c2ccc(OC)c(OC)c2)cc1OC)C(=O)O. The van der Waals surface area contributed by atoms with Gasteiger partial charge in [0.2, 0.25) is 0 Å². The van der Waals surface area contributed by atoms with E-state index in [0.717, 1.165) is 24.8 Å². The maximum atomic E-state index is 10.8. The second kappa shape index (κ2) is 12.8. The smallest absolute Gasteiger partial charge is 0.330 e. The fourth-order valence-corrected chi connectivity index (χ4v) is 3.15. The highest BCUT2D eigenvalue weighted by Gasteiger charge is 2.10. The summed E-state index contributed by atoms with van der Waals surface area (Å²) in [5.74, 6) is 1.36. The van der Waals surface area contributed by atoms with Crippen LogP contribution in [0.25, 0.3) is 11.6 Å². The predicted molar refractivity (Wildman–Crippen MR) is 127 cm³/mol. The van der Waals surface area contributed by atoms with Crippen LogP contribution in [-0.4, -0.2) is 39.0 Å². The van der Waals surface area contributed by atoms with Gasteiger partial charge in [0.1, 0.15) is 0 Å². The van der Waals surface area contributed by atoms with Crippen molar-refractivity contribution < 1.29 is 28.8 Å². The zero-order chi connectivity index (χ0) is 24.2. The molecule has 7 heteroatoms. The summed E-state index contributed by atoms with van der Waals surface area (Å²) in [4.78, 5) is 10.8. The van der Waals surface area contributed by atoms with E-state index in [-0.39, 0.29) is 5.57 Å². The minimum atomic E-state index is -0.948. The lowest BCUT2D eigenvalue weighted by molar-refractivity contribution is -0.132. The topological polar surface area (TPSA) is 98.0 Å². The van der Waals surface area contributed by atoms with Crippen molar-refractivity contribution in [2.24, 2.45) is 0 Å². The minimum Gasteiger partial charge on any atom is -0.493 e. The summed E-state index contributed by atoms with van der Waals surface area (Å²) in [5, 5.41) is 18.5. The Morgan fingerprint density at radius 2 is 1.64 bits per heavy atom. The molecule has 0 unspecified atom stereocenters. The molecule has 0 amide bonds. The van der Waals surface area contributed by atoms with Crippen molar-refractivity contribution in [3.63, 3.8) is 0 Å². The largest absolute Gasteiger partial charge is 0.493 e. The molecule has 0 heterocycles. The van der Waals surface area contributed by atoms with Crippen molar-refractivity contribution in [3.05, 3.63) is 59.7 Å². The number of benzene rings is 2. The van der Waals surface area contributed by atoms with Crippen LogP contribution in [-0.2, 0) is 4.79 Å². The summed E-state index contributed by atoms with van der Waals surface area (Å²) in [5.41, 5.74) is 2.19. The van der Waals surface area contributed by atoms with E-state index < -0.39 is 5.97 Å². The number of nitrogens with zero attached hydrogens (tertiary/aromatic N) is 1. The van der Waals surface area contributed by atoms with Gasteiger partial charge < -0.3 is 24.1 Å². The van der Waals surface area contributed by atoms with Crippen LogP contribution in [0, 0.1) is 11.3 Å². The standard InChI is InChI=1S/C26H29NO6/c1-18(26(28)29)8-6-5-7-13-33-23-11-9-19(15-24(23)31-3)14-21(17-27)20-10-12-22(30-2)25(16-20)32-4/h9-12,14-16H,1,5-8,13H2,2-4H3,(H,28,29). The third-order valence-electron chi connectivity index (χ3n) is 5.00. The summed E-state index contributed by atoms with van der Waals surface area (Å²) < 4.78 is 21.9. The lowest BCUT2D eigenvalue weighted by Crippen LogP contribution is -2.01. The molecule has 0 bridgehead atoms. The molecule has 0 spiro atoms. The zero-order valence-electron chi connectivity index (χ0n) is 19.2. The Morgan fingerprint density at radius 3 is 2.27 bits per heavy atom. The molecule has 174 valence electrons. The summed E-state index contributed by atoms with van der Waals surface area (Å²) in [6.07, 6.45) is 4.62. The number of carboxylic acids is 1. The number of allylic oxidation sites excluding steroid dienone is 1. The van der Waals surface area contributed by atoms with Crippen molar-refractivity contribution in [2.45, 2.75) is 25.7 Å². The van der Waals surface area contributed by atoms with Crippen LogP contribution in [0.4, 0.5) is 0 Å². The van der Waals surface area contributed by atoms with E-state index in [0.29, 0.717) is 47.2 Å². The molecule has 0 aliphatic rings. The van der Waals surface area contributed by atoms with E-state index >= 15 is 0 Å². The van der Waals surface area contributed by atoms with Gasteiger partial charge in [0.25, 0.3) is 0 Å². The van der Waals surface area contributed by atoms with E-state index in [1.54, 1.807) is 51.7 Å².